The number of hydrogen-bond acceptors (Lipinski definition) is 13. The number of aliphatic hydroxyl groups is 2. The predicted octanol–water partition coefficient (Wildman–Crippen LogP) is 0.813. The van der Waals surface area contributed by atoms with Gasteiger partial charge < -0.3 is 42.4 Å². The van der Waals surface area contributed by atoms with Gasteiger partial charge in [0.25, 0.3) is 11.8 Å². The first-order valence-corrected chi connectivity index (χ1v) is 14.2. The molecule has 1 unspecified atom stereocenters. The van der Waals surface area contributed by atoms with Crippen molar-refractivity contribution in [2.24, 2.45) is 22.6 Å². The number of anilines is 1. The van der Waals surface area contributed by atoms with E-state index < -0.39 is 80.8 Å². The van der Waals surface area contributed by atoms with Gasteiger partial charge in [-0.3, -0.25) is 24.1 Å². The number of hydrogen-bond donors (Lipinski definition) is 7. The third-order valence-electron chi connectivity index (χ3n) is 9.25. The Kier molecular flexibility index (Phi) is 6.87. The molecule has 2 amide bonds. The quantitative estimate of drug-likeness (QED) is 0.191. The number of primary amides is 1. The van der Waals surface area contributed by atoms with Gasteiger partial charge in [-0.15, -0.1) is 0 Å². The number of likely N-dealkylation sites (N-methyl/N-ethyl adjacent to an activating group) is 1. The molecule has 1 saturated carbocycles. The molecule has 3 aliphatic carbocycles. The molecule has 4 atom stereocenters. The molecule has 1 heterocycles. The summed E-state index contributed by atoms with van der Waals surface area (Å²) in [4.78, 5) is 54.1. The fraction of sp³-hybridized carbons (Fsp3) is 0.250. The van der Waals surface area contributed by atoms with Crippen molar-refractivity contribution in [3.63, 3.8) is 0 Å². The number of aromatic hydroxyl groups is 1. The number of nitrogens with zero attached hydrogens (tertiary/aromatic N) is 3. The number of nitriles is 1. The molecule has 6 rings (SSSR count). The van der Waals surface area contributed by atoms with E-state index in [9.17, 15) is 39.8 Å². The monoisotopic (exact) mass is 639 g/mol. The van der Waals surface area contributed by atoms with Crippen LogP contribution in [-0.2, 0) is 20.8 Å². The minimum atomic E-state index is -2.75. The highest BCUT2D eigenvalue weighted by Crippen LogP contribution is 2.58. The fourth-order valence-electron chi connectivity index (χ4n) is 7.36. The number of rotatable bonds is 5. The van der Waals surface area contributed by atoms with Gasteiger partial charge in [0.1, 0.15) is 22.8 Å². The third-order valence-corrected chi connectivity index (χ3v) is 9.25. The smallest absolute Gasteiger partial charge is 0.294 e. The summed E-state index contributed by atoms with van der Waals surface area (Å²) < 4.78 is 4.87. The number of fused-ring (bicyclic) bond motifs is 3. The normalized spacial score (nSPS) is 26.8. The van der Waals surface area contributed by atoms with Crippen LogP contribution in [0.3, 0.4) is 0 Å². The Hall–Kier alpha value is -5.82. The second kappa shape index (κ2) is 10.4. The van der Waals surface area contributed by atoms with E-state index in [0.29, 0.717) is 22.4 Å². The number of carbonyl (C=O) groups is 4. The summed E-state index contributed by atoms with van der Waals surface area (Å²) in [5.74, 6) is -6.47. The zero-order valence-corrected chi connectivity index (χ0v) is 25.1. The molecule has 10 N–H and O–H groups in total. The Morgan fingerprint density at radius 2 is 1.77 bits per heavy atom. The van der Waals surface area contributed by atoms with Crippen LogP contribution in [0.4, 0.5) is 5.69 Å². The number of benzene rings is 2. The van der Waals surface area contributed by atoms with Crippen molar-refractivity contribution < 1.29 is 39.0 Å². The zero-order chi connectivity index (χ0) is 34.2. The van der Waals surface area contributed by atoms with Crippen LogP contribution in [0.15, 0.2) is 70.1 Å². The van der Waals surface area contributed by atoms with Crippen molar-refractivity contribution in [1.29, 1.82) is 5.26 Å². The number of Topliss-reactive ketones (excluding diaryl/α,β-unsaturated/α-hetero) is 2. The highest BCUT2D eigenvalue weighted by Gasteiger charge is 2.74. The lowest BCUT2D eigenvalue weighted by atomic mass is 9.47. The van der Waals surface area contributed by atoms with Crippen LogP contribution in [0.25, 0.3) is 16.9 Å². The molecular weight excluding hydrogens is 610 g/mol. The molecule has 0 bridgehead atoms. The highest BCUT2D eigenvalue weighted by atomic mass is 16.5. The molecule has 47 heavy (non-hydrogen) atoms. The Labute approximate surface area is 266 Å². The van der Waals surface area contributed by atoms with Gasteiger partial charge in [-0.25, -0.2) is 0 Å². The first-order valence-electron chi connectivity index (χ1n) is 14.2. The molecule has 15 nitrogen and oxygen atoms in total. The molecule has 240 valence electrons. The van der Waals surface area contributed by atoms with Gasteiger partial charge in [-0.05, 0) is 61.8 Å². The number of amides is 2. The molecule has 0 spiro atoms. The molecule has 15 heteroatoms. The van der Waals surface area contributed by atoms with Gasteiger partial charge in [0.2, 0.25) is 5.76 Å². The Morgan fingerprint density at radius 3 is 2.34 bits per heavy atom. The third kappa shape index (κ3) is 4.12. The number of carbonyl (C=O) groups excluding carboxylic acids is 4. The molecule has 0 saturated heterocycles. The molecule has 2 aromatic carbocycles. The largest absolute Gasteiger partial charge is 0.509 e. The van der Waals surface area contributed by atoms with E-state index in [1.807, 2.05) is 0 Å². The Bertz CT molecular complexity index is 2010. The average Bonchev–Trinajstić information content (AvgIpc) is 3.52. The number of nitrogens with one attached hydrogen (secondary N) is 1. The molecule has 3 aromatic rings. The second-order valence-electron chi connectivity index (χ2n) is 12.2. The maximum absolute atomic E-state index is 14.5. The minimum absolute atomic E-state index is 0.0129. The zero-order valence-electron chi connectivity index (χ0n) is 25.1. The molecular formula is C32H29N7O8. The fourth-order valence-corrected chi connectivity index (χ4v) is 7.36. The van der Waals surface area contributed by atoms with Crippen molar-refractivity contribution in [2.75, 3.05) is 19.4 Å². The predicted molar refractivity (Wildman–Crippen MR) is 164 cm³/mol. The van der Waals surface area contributed by atoms with Gasteiger partial charge in [0.05, 0.1) is 40.5 Å². The van der Waals surface area contributed by atoms with Gasteiger partial charge >= 0.3 is 0 Å². The van der Waals surface area contributed by atoms with Crippen molar-refractivity contribution >= 4 is 34.8 Å². The lowest BCUT2D eigenvalue weighted by Gasteiger charge is -2.58. The van der Waals surface area contributed by atoms with E-state index in [1.165, 1.54) is 37.3 Å². The lowest BCUT2D eigenvalue weighted by molar-refractivity contribution is -0.139. The maximum Gasteiger partial charge on any atom is 0.294 e. The van der Waals surface area contributed by atoms with Crippen LogP contribution < -0.4 is 22.5 Å². The van der Waals surface area contributed by atoms with Crippen molar-refractivity contribution in [1.82, 2.24) is 10.1 Å². The average molecular weight is 640 g/mol. The number of nitrogens with two attached hydrogens (primary N) is 3. The summed E-state index contributed by atoms with van der Waals surface area (Å²) in [6, 6.07) is 11.1. The summed E-state index contributed by atoms with van der Waals surface area (Å²) in [5.41, 5.74) is 12.7. The lowest BCUT2D eigenvalue weighted by Crippen LogP contribution is -2.80. The van der Waals surface area contributed by atoms with Crippen LogP contribution >= 0.6 is 0 Å². The molecule has 1 fully saturated rings. The van der Waals surface area contributed by atoms with Gasteiger partial charge in [0, 0.05) is 11.8 Å². The van der Waals surface area contributed by atoms with Crippen molar-refractivity contribution in [3.8, 4) is 22.9 Å². The standard InChI is InChI=1S/C32H29N7O8/c1-39(2)25-24(42)21(28(34)45)26(43)31(13-33)27(44)22-23(41)20-17(11-30(22,35)12-32(25,31)36)16(7-8-18(20)40)14-3-5-15(6-4-14)38-29(46)19-9-10-37-47-19/h3-10,25,40-41,43H,11-12,35-36H2,1-2H3,(H2,34,45)(H,38,46)/t25?,30-,31+,32-/m1/s1. The van der Waals surface area contributed by atoms with Crippen molar-refractivity contribution in [3.05, 3.63) is 82.5 Å². The summed E-state index contributed by atoms with van der Waals surface area (Å²) in [5, 5.41) is 50.7. The van der Waals surface area contributed by atoms with Crippen LogP contribution in [0, 0.1) is 16.7 Å². The van der Waals surface area contributed by atoms with Crippen LogP contribution in [-0.4, -0.2) is 80.0 Å². The summed E-state index contributed by atoms with van der Waals surface area (Å²) >= 11 is 0. The van der Waals surface area contributed by atoms with E-state index in [4.69, 9.17) is 21.7 Å². The van der Waals surface area contributed by atoms with E-state index in [2.05, 4.69) is 10.5 Å². The topological polar surface area (TPSA) is 272 Å². The van der Waals surface area contributed by atoms with Gasteiger partial charge in [-0.1, -0.05) is 23.4 Å². The summed E-state index contributed by atoms with van der Waals surface area (Å²) in [6.07, 6.45) is 0.635. The number of phenols is 1. The molecule has 1 aromatic heterocycles. The van der Waals surface area contributed by atoms with E-state index in [-0.39, 0.29) is 17.7 Å². The van der Waals surface area contributed by atoms with E-state index in [0.717, 1.165) is 0 Å². The molecule has 3 aliphatic rings. The first kappa shape index (κ1) is 31.2. The number of ketones is 2. The first-order chi connectivity index (χ1) is 22.1. The summed E-state index contributed by atoms with van der Waals surface area (Å²) in [7, 11) is 2.89. The Morgan fingerprint density at radius 1 is 1.09 bits per heavy atom. The van der Waals surface area contributed by atoms with Gasteiger partial charge in [-0.2, -0.15) is 5.26 Å². The van der Waals surface area contributed by atoms with Crippen LogP contribution in [0.2, 0.25) is 0 Å². The minimum Gasteiger partial charge on any atom is -0.509 e. The maximum atomic E-state index is 14.5. The molecule has 0 aliphatic heterocycles. The SMILES string of the molecule is CN(C)C1C(=O)C(C(N)=O)=C(O)[C@@]2(C#N)C(=O)C3=C(O)c4c(O)ccc(-c5ccc(NC(=O)c6ccno6)cc5)c4C[C@@]3(N)C[C@@]12N. The number of phenolic OH excluding ortho intramolecular Hbond substituents is 1. The number of aliphatic hydroxyl groups excluding tert-OH is 2. The molecule has 0 radical (unpaired) electrons. The van der Waals surface area contributed by atoms with E-state index >= 15 is 0 Å². The van der Waals surface area contributed by atoms with Crippen LogP contribution in [0.5, 0.6) is 5.75 Å². The van der Waals surface area contributed by atoms with Crippen molar-refractivity contribution in [2.45, 2.75) is 30.0 Å². The van der Waals surface area contributed by atoms with Gasteiger partial charge in [0.15, 0.2) is 17.0 Å². The highest BCUT2D eigenvalue weighted by molar-refractivity contribution is 6.25. The van der Waals surface area contributed by atoms with E-state index in [1.54, 1.807) is 36.4 Å². The summed E-state index contributed by atoms with van der Waals surface area (Å²) in [6.45, 7) is 0. The Balaban J connectivity index is 1.51. The van der Waals surface area contributed by atoms with Crippen LogP contribution in [0.1, 0.15) is 28.1 Å². The number of aromatic nitrogens is 1. The second-order valence-corrected chi connectivity index (χ2v) is 12.2.